The summed E-state index contributed by atoms with van der Waals surface area (Å²) in [7, 11) is 0. The molecule has 0 saturated carbocycles. The number of nitrogens with two attached hydrogens (primary N) is 1. The van der Waals surface area contributed by atoms with E-state index in [0.717, 1.165) is 30.1 Å². The minimum absolute atomic E-state index is 0.00936. The Labute approximate surface area is 150 Å². The van der Waals surface area contributed by atoms with E-state index in [9.17, 15) is 14.7 Å². The first-order valence-corrected chi connectivity index (χ1v) is 9.09. The summed E-state index contributed by atoms with van der Waals surface area (Å²) >= 11 is 0. The van der Waals surface area contributed by atoms with Crippen molar-refractivity contribution in [1.29, 1.82) is 0 Å². The molecule has 0 saturated heterocycles. The molecule has 140 valence electrons. The normalized spacial score (nSPS) is 12.1. The number of aliphatic carboxylic acids is 1. The van der Waals surface area contributed by atoms with Gasteiger partial charge in [-0.25, -0.2) is 0 Å². The fourth-order valence-electron chi connectivity index (χ4n) is 2.79. The Morgan fingerprint density at radius 1 is 1.04 bits per heavy atom. The van der Waals surface area contributed by atoms with Gasteiger partial charge in [-0.2, -0.15) is 0 Å². The van der Waals surface area contributed by atoms with Crippen LogP contribution in [0.1, 0.15) is 70.3 Å². The molecule has 5 heteroatoms. The van der Waals surface area contributed by atoms with Gasteiger partial charge in [-0.15, -0.1) is 0 Å². The molecule has 25 heavy (non-hydrogen) atoms. The number of hydrogen-bond acceptors (Lipinski definition) is 4. The van der Waals surface area contributed by atoms with Crippen LogP contribution >= 0.6 is 0 Å². The van der Waals surface area contributed by atoms with Gasteiger partial charge >= 0.3 is 0 Å². The predicted molar refractivity (Wildman–Crippen MR) is 96.0 cm³/mol. The monoisotopic (exact) mass is 348 g/mol. The number of carbonyl (C=O) groups is 2. The van der Waals surface area contributed by atoms with E-state index in [0.29, 0.717) is 6.61 Å². The second-order valence-electron chi connectivity index (χ2n) is 6.96. The zero-order valence-electron chi connectivity index (χ0n) is 15.3. The molecule has 1 amide bonds. The van der Waals surface area contributed by atoms with Crippen molar-refractivity contribution in [3.8, 4) is 5.75 Å². The van der Waals surface area contributed by atoms with Gasteiger partial charge in [0.2, 0.25) is 5.91 Å². The summed E-state index contributed by atoms with van der Waals surface area (Å²) in [6.07, 6.45) is 5.74. The van der Waals surface area contributed by atoms with Crippen molar-refractivity contribution in [2.24, 2.45) is 11.7 Å². The molecule has 0 fully saturated rings. The van der Waals surface area contributed by atoms with Crippen molar-refractivity contribution < 1.29 is 19.4 Å². The smallest absolute Gasteiger partial charge is 0.218 e. The Morgan fingerprint density at radius 2 is 1.68 bits per heavy atom. The average molecular weight is 348 g/mol. The van der Waals surface area contributed by atoms with Gasteiger partial charge in [0.15, 0.2) is 0 Å². The number of amides is 1. The summed E-state index contributed by atoms with van der Waals surface area (Å²) in [5.74, 6) is -0.659. The van der Waals surface area contributed by atoms with Crippen molar-refractivity contribution in [3.63, 3.8) is 0 Å². The van der Waals surface area contributed by atoms with E-state index in [-0.39, 0.29) is 12.8 Å². The lowest BCUT2D eigenvalue weighted by Gasteiger charge is -2.17. The van der Waals surface area contributed by atoms with E-state index >= 15 is 0 Å². The lowest BCUT2D eigenvalue weighted by Crippen LogP contribution is -2.26. The molecule has 0 spiro atoms. The minimum Gasteiger partial charge on any atom is -0.550 e. The number of unbranched alkanes of at least 4 members (excludes halogenated alkanes) is 3. The van der Waals surface area contributed by atoms with Gasteiger partial charge in [0, 0.05) is 12.4 Å². The molecule has 1 aromatic rings. The van der Waals surface area contributed by atoms with Crippen LogP contribution in [0.25, 0.3) is 0 Å². The van der Waals surface area contributed by atoms with Crippen molar-refractivity contribution in [2.45, 2.75) is 64.7 Å². The molecule has 0 aliphatic rings. The Balaban J connectivity index is 2.38. The highest BCUT2D eigenvalue weighted by molar-refractivity contribution is 5.76. The van der Waals surface area contributed by atoms with Crippen LogP contribution in [0.4, 0.5) is 0 Å². The number of carbonyl (C=O) groups excluding carboxylic acids is 2. The van der Waals surface area contributed by atoms with Crippen LogP contribution in [0, 0.1) is 5.92 Å². The first-order valence-electron chi connectivity index (χ1n) is 9.09. The number of carboxylic acid groups (broad SMARTS) is 1. The molecule has 5 nitrogen and oxygen atoms in total. The zero-order valence-corrected chi connectivity index (χ0v) is 15.3. The zero-order chi connectivity index (χ0) is 18.7. The van der Waals surface area contributed by atoms with E-state index in [1.165, 1.54) is 19.3 Å². The van der Waals surface area contributed by atoms with Gasteiger partial charge in [0.25, 0.3) is 0 Å². The van der Waals surface area contributed by atoms with E-state index in [4.69, 9.17) is 10.5 Å². The van der Waals surface area contributed by atoms with Crippen molar-refractivity contribution in [1.82, 2.24) is 0 Å². The molecule has 1 atom stereocenters. The third-order valence-electron chi connectivity index (χ3n) is 4.16. The first-order chi connectivity index (χ1) is 11.9. The van der Waals surface area contributed by atoms with Crippen molar-refractivity contribution in [3.05, 3.63) is 29.8 Å². The van der Waals surface area contributed by atoms with Crippen LogP contribution in [0.5, 0.6) is 5.75 Å². The van der Waals surface area contributed by atoms with Crippen LogP contribution in [0.3, 0.4) is 0 Å². The quantitative estimate of drug-likeness (QED) is 0.555. The van der Waals surface area contributed by atoms with Gasteiger partial charge in [0.05, 0.1) is 6.61 Å². The number of rotatable bonds is 13. The second-order valence-corrected chi connectivity index (χ2v) is 6.96. The summed E-state index contributed by atoms with van der Waals surface area (Å²) in [6.45, 7) is 5.16. The van der Waals surface area contributed by atoms with Gasteiger partial charge in [-0.05, 0) is 42.4 Å². The van der Waals surface area contributed by atoms with E-state index < -0.39 is 17.8 Å². The molecule has 2 N–H and O–H groups in total. The lowest BCUT2D eigenvalue weighted by molar-refractivity contribution is -0.306. The first kappa shape index (κ1) is 21.0. The fraction of sp³-hybridized carbons (Fsp3) is 0.600. The van der Waals surface area contributed by atoms with E-state index in [1.807, 2.05) is 0 Å². The van der Waals surface area contributed by atoms with Crippen LogP contribution in [-0.2, 0) is 9.59 Å². The maximum Gasteiger partial charge on any atom is 0.218 e. The number of carboxylic acids is 1. The van der Waals surface area contributed by atoms with Gasteiger partial charge in [0.1, 0.15) is 5.75 Å². The summed E-state index contributed by atoms with van der Waals surface area (Å²) in [5, 5.41) is 10.8. The topological polar surface area (TPSA) is 92.5 Å². The maximum absolute atomic E-state index is 11.1. The Hall–Kier alpha value is -2.04. The summed E-state index contributed by atoms with van der Waals surface area (Å²) < 4.78 is 5.71. The number of primary amides is 1. The highest BCUT2D eigenvalue weighted by Crippen LogP contribution is 2.25. The summed E-state index contributed by atoms with van der Waals surface area (Å²) in [6, 6.07) is 7.18. The largest absolute Gasteiger partial charge is 0.550 e. The molecule has 0 aromatic heterocycles. The maximum atomic E-state index is 11.1. The second kappa shape index (κ2) is 11.5. The molecule has 1 rings (SSSR count). The number of hydrogen-bond donors (Lipinski definition) is 1. The Bertz CT molecular complexity index is 509. The number of benzene rings is 1. The van der Waals surface area contributed by atoms with Gasteiger partial charge in [-0.1, -0.05) is 51.7 Å². The van der Waals surface area contributed by atoms with Gasteiger partial charge in [-0.3, -0.25) is 4.79 Å². The predicted octanol–water partition coefficient (Wildman–Crippen LogP) is 2.77. The standard InChI is InChI=1S/C20H31NO4/c1-15(2)7-5-3-4-6-12-25-18-10-8-16(9-11-18)17(13-19(21)22)14-20(23)24/h8-11,15,17H,3-7,12-14H2,1-2H3,(H2,21,22)(H,23,24)/p-1/t17-/m1/s1. The van der Waals surface area contributed by atoms with Crippen LogP contribution in [0.15, 0.2) is 24.3 Å². The molecule has 0 heterocycles. The lowest BCUT2D eigenvalue weighted by atomic mass is 9.92. The average Bonchev–Trinajstić information content (AvgIpc) is 2.53. The molecule has 0 bridgehead atoms. The highest BCUT2D eigenvalue weighted by atomic mass is 16.5. The third kappa shape index (κ3) is 9.75. The molecule has 0 aliphatic heterocycles. The minimum atomic E-state index is -1.19. The Kier molecular flexibility index (Phi) is 9.66. The summed E-state index contributed by atoms with van der Waals surface area (Å²) in [4.78, 5) is 21.9. The van der Waals surface area contributed by atoms with Crippen molar-refractivity contribution >= 4 is 11.9 Å². The number of ether oxygens (including phenoxy) is 1. The van der Waals surface area contributed by atoms with Crippen LogP contribution in [0.2, 0.25) is 0 Å². The summed E-state index contributed by atoms with van der Waals surface area (Å²) in [5.41, 5.74) is 5.95. The highest BCUT2D eigenvalue weighted by Gasteiger charge is 2.15. The molecule has 0 radical (unpaired) electrons. The molecular formula is C20H30NO4-. The molecule has 0 unspecified atom stereocenters. The third-order valence-corrected chi connectivity index (χ3v) is 4.16. The molecule has 0 aliphatic carbocycles. The fourth-order valence-corrected chi connectivity index (χ4v) is 2.79. The van der Waals surface area contributed by atoms with E-state index in [2.05, 4.69) is 13.8 Å². The van der Waals surface area contributed by atoms with Crippen molar-refractivity contribution in [2.75, 3.05) is 6.61 Å². The van der Waals surface area contributed by atoms with Crippen LogP contribution < -0.4 is 15.6 Å². The van der Waals surface area contributed by atoms with Gasteiger partial charge < -0.3 is 20.4 Å². The Morgan fingerprint density at radius 3 is 2.24 bits per heavy atom. The molecule has 1 aromatic carbocycles. The van der Waals surface area contributed by atoms with Crippen LogP contribution in [-0.4, -0.2) is 18.5 Å². The molecular weight excluding hydrogens is 318 g/mol. The van der Waals surface area contributed by atoms with E-state index in [1.54, 1.807) is 24.3 Å². The SMILES string of the molecule is CC(C)CCCCCCOc1ccc([C@H](CC(N)=O)CC(=O)[O-])cc1.